The maximum absolute atomic E-state index is 5.67. The number of ether oxygens (including phenoxy) is 1. The molecule has 4 heteroatoms. The molecule has 2 aliphatic rings. The molecule has 1 aliphatic carbocycles. The van der Waals surface area contributed by atoms with Gasteiger partial charge in [-0.1, -0.05) is 48.9 Å². The van der Waals surface area contributed by atoms with Crippen molar-refractivity contribution in [3.8, 4) is 0 Å². The summed E-state index contributed by atoms with van der Waals surface area (Å²) < 4.78 is 5.67. The van der Waals surface area contributed by atoms with Crippen LogP contribution in [-0.2, 0) is 11.2 Å². The standard InChI is InChI=1S/C21H28N2O.ClH/c1-2-5-18-14-16(8-9-17(18)4-1)10-11-22-20-7-3-6-19(20)21-15-24-13-12-23-21;/h1-2,4-5,8-9,14,19-23H,3,6-7,10-13,15H2;1H. The van der Waals surface area contributed by atoms with Gasteiger partial charge < -0.3 is 15.4 Å². The van der Waals surface area contributed by atoms with Gasteiger partial charge in [-0.15, -0.1) is 12.4 Å². The highest BCUT2D eigenvalue weighted by molar-refractivity contribution is 5.85. The van der Waals surface area contributed by atoms with Crippen LogP contribution in [0.15, 0.2) is 42.5 Å². The fourth-order valence-electron chi connectivity index (χ4n) is 4.38. The predicted octanol–water partition coefficient (Wildman–Crippen LogP) is 3.55. The Morgan fingerprint density at radius 2 is 1.96 bits per heavy atom. The SMILES string of the molecule is Cl.c1ccc2cc(CCNC3CCCC3C3COCCN3)ccc2c1. The molecule has 3 nitrogen and oxygen atoms in total. The third-order valence-electron chi connectivity index (χ3n) is 5.67. The molecule has 3 unspecified atom stereocenters. The Labute approximate surface area is 156 Å². The number of morpholine rings is 1. The lowest BCUT2D eigenvalue weighted by Gasteiger charge is -2.33. The zero-order chi connectivity index (χ0) is 16.2. The largest absolute Gasteiger partial charge is 0.379 e. The van der Waals surface area contributed by atoms with Crippen LogP contribution >= 0.6 is 12.4 Å². The number of nitrogens with one attached hydrogen (secondary N) is 2. The highest BCUT2D eigenvalue weighted by atomic mass is 35.5. The lowest BCUT2D eigenvalue weighted by atomic mass is 9.94. The van der Waals surface area contributed by atoms with Gasteiger partial charge in [-0.3, -0.25) is 0 Å². The number of rotatable bonds is 5. The number of hydrogen-bond acceptors (Lipinski definition) is 3. The van der Waals surface area contributed by atoms with Crippen molar-refractivity contribution in [3.63, 3.8) is 0 Å². The first-order chi connectivity index (χ1) is 11.9. The molecule has 2 aromatic rings. The van der Waals surface area contributed by atoms with Crippen LogP contribution in [0.3, 0.4) is 0 Å². The molecule has 136 valence electrons. The molecule has 0 bridgehead atoms. The second kappa shape index (κ2) is 9.00. The molecule has 0 amide bonds. The molecule has 2 N–H and O–H groups in total. The van der Waals surface area contributed by atoms with E-state index in [0.29, 0.717) is 12.1 Å². The van der Waals surface area contributed by atoms with Gasteiger partial charge in [0.15, 0.2) is 0 Å². The molecule has 2 aromatic carbocycles. The van der Waals surface area contributed by atoms with E-state index in [-0.39, 0.29) is 12.4 Å². The van der Waals surface area contributed by atoms with Crippen LogP contribution in [0.25, 0.3) is 10.8 Å². The molecule has 0 aromatic heterocycles. The highest BCUT2D eigenvalue weighted by Gasteiger charge is 2.34. The van der Waals surface area contributed by atoms with Gasteiger partial charge in [0.25, 0.3) is 0 Å². The van der Waals surface area contributed by atoms with Gasteiger partial charge in [0.05, 0.1) is 13.2 Å². The molecule has 1 aliphatic heterocycles. The number of fused-ring (bicyclic) bond motifs is 1. The van der Waals surface area contributed by atoms with Crippen LogP contribution in [0.5, 0.6) is 0 Å². The van der Waals surface area contributed by atoms with Crippen LogP contribution in [0.2, 0.25) is 0 Å². The zero-order valence-electron chi connectivity index (χ0n) is 14.7. The Hall–Kier alpha value is -1.13. The lowest BCUT2D eigenvalue weighted by Crippen LogP contribution is -2.51. The minimum Gasteiger partial charge on any atom is -0.379 e. The monoisotopic (exact) mass is 360 g/mol. The van der Waals surface area contributed by atoms with Gasteiger partial charge in [-0.25, -0.2) is 0 Å². The van der Waals surface area contributed by atoms with E-state index in [4.69, 9.17) is 4.74 Å². The number of benzene rings is 2. The van der Waals surface area contributed by atoms with Crippen molar-refractivity contribution < 1.29 is 4.74 Å². The van der Waals surface area contributed by atoms with Crippen molar-refractivity contribution in [2.45, 2.75) is 37.8 Å². The van der Waals surface area contributed by atoms with Gasteiger partial charge in [-0.05, 0) is 48.1 Å². The minimum atomic E-state index is 0. The number of hydrogen-bond donors (Lipinski definition) is 2. The number of halogens is 1. The maximum atomic E-state index is 5.67. The highest BCUT2D eigenvalue weighted by Crippen LogP contribution is 2.29. The topological polar surface area (TPSA) is 33.3 Å². The van der Waals surface area contributed by atoms with Crippen LogP contribution in [-0.4, -0.2) is 38.4 Å². The molecule has 3 atom stereocenters. The smallest absolute Gasteiger partial charge is 0.0623 e. The Kier molecular flexibility index (Phi) is 6.71. The molecule has 25 heavy (non-hydrogen) atoms. The third-order valence-corrected chi connectivity index (χ3v) is 5.67. The summed E-state index contributed by atoms with van der Waals surface area (Å²) in [6.45, 7) is 3.81. The minimum absolute atomic E-state index is 0. The summed E-state index contributed by atoms with van der Waals surface area (Å²) in [6, 6.07) is 16.6. The fraction of sp³-hybridized carbons (Fsp3) is 0.524. The van der Waals surface area contributed by atoms with Crippen molar-refractivity contribution in [1.82, 2.24) is 10.6 Å². The average Bonchev–Trinajstić information content (AvgIpc) is 3.11. The van der Waals surface area contributed by atoms with E-state index in [1.165, 1.54) is 35.6 Å². The second-order valence-corrected chi connectivity index (χ2v) is 7.22. The first-order valence-corrected chi connectivity index (χ1v) is 9.42. The van der Waals surface area contributed by atoms with Crippen LogP contribution in [0, 0.1) is 5.92 Å². The fourth-order valence-corrected chi connectivity index (χ4v) is 4.38. The molecule has 0 radical (unpaired) electrons. The van der Waals surface area contributed by atoms with E-state index in [0.717, 1.165) is 38.6 Å². The molecule has 0 spiro atoms. The Bertz CT molecular complexity index is 672. The van der Waals surface area contributed by atoms with Crippen LogP contribution in [0.4, 0.5) is 0 Å². The summed E-state index contributed by atoms with van der Waals surface area (Å²) in [7, 11) is 0. The summed E-state index contributed by atoms with van der Waals surface area (Å²) in [5.74, 6) is 0.724. The normalized spacial score (nSPS) is 26.5. The van der Waals surface area contributed by atoms with E-state index >= 15 is 0 Å². The summed E-state index contributed by atoms with van der Waals surface area (Å²) in [4.78, 5) is 0. The zero-order valence-corrected chi connectivity index (χ0v) is 15.6. The Morgan fingerprint density at radius 1 is 1.08 bits per heavy atom. The van der Waals surface area contributed by atoms with E-state index in [1.54, 1.807) is 0 Å². The van der Waals surface area contributed by atoms with Crippen LogP contribution < -0.4 is 10.6 Å². The average molecular weight is 361 g/mol. The molecule has 2 fully saturated rings. The molecule has 1 saturated heterocycles. The van der Waals surface area contributed by atoms with Crippen molar-refractivity contribution in [2.24, 2.45) is 5.92 Å². The lowest BCUT2D eigenvalue weighted by molar-refractivity contribution is 0.0526. The van der Waals surface area contributed by atoms with Crippen molar-refractivity contribution in [2.75, 3.05) is 26.3 Å². The van der Waals surface area contributed by atoms with Gasteiger partial charge in [0, 0.05) is 18.6 Å². The Balaban J connectivity index is 0.00000182. The van der Waals surface area contributed by atoms with Crippen molar-refractivity contribution >= 4 is 23.2 Å². The summed E-state index contributed by atoms with van der Waals surface area (Å²) in [5, 5.41) is 10.2. The first-order valence-electron chi connectivity index (χ1n) is 9.42. The second-order valence-electron chi connectivity index (χ2n) is 7.22. The van der Waals surface area contributed by atoms with E-state index in [1.807, 2.05) is 0 Å². The van der Waals surface area contributed by atoms with E-state index in [2.05, 4.69) is 53.1 Å². The molecular weight excluding hydrogens is 332 g/mol. The van der Waals surface area contributed by atoms with Gasteiger partial charge in [0.2, 0.25) is 0 Å². The molecule has 1 heterocycles. The van der Waals surface area contributed by atoms with E-state index < -0.39 is 0 Å². The quantitative estimate of drug-likeness (QED) is 0.855. The molecule has 4 rings (SSSR count). The third kappa shape index (κ3) is 4.53. The molecule has 1 saturated carbocycles. The van der Waals surface area contributed by atoms with Gasteiger partial charge in [-0.2, -0.15) is 0 Å². The van der Waals surface area contributed by atoms with Crippen LogP contribution in [0.1, 0.15) is 24.8 Å². The summed E-state index contributed by atoms with van der Waals surface area (Å²) >= 11 is 0. The summed E-state index contributed by atoms with van der Waals surface area (Å²) in [6.07, 6.45) is 5.08. The predicted molar refractivity (Wildman–Crippen MR) is 107 cm³/mol. The van der Waals surface area contributed by atoms with E-state index in [9.17, 15) is 0 Å². The van der Waals surface area contributed by atoms with Crippen molar-refractivity contribution in [3.05, 3.63) is 48.0 Å². The first kappa shape index (κ1) is 18.7. The van der Waals surface area contributed by atoms with Gasteiger partial charge >= 0.3 is 0 Å². The maximum Gasteiger partial charge on any atom is 0.0623 e. The molecular formula is C21H29ClN2O. The van der Waals surface area contributed by atoms with Crippen molar-refractivity contribution in [1.29, 1.82) is 0 Å². The van der Waals surface area contributed by atoms with Gasteiger partial charge in [0.1, 0.15) is 0 Å². The Morgan fingerprint density at radius 3 is 2.80 bits per heavy atom. The summed E-state index contributed by atoms with van der Waals surface area (Å²) in [5.41, 5.74) is 1.43.